The number of thioether (sulfide) groups is 1. The number of carbonyl (C=O) groups excluding carboxylic acids is 1. The maximum Gasteiger partial charge on any atom is 0.264 e. The topological polar surface area (TPSA) is 55.6 Å². The molecule has 0 atom stereocenters. The summed E-state index contributed by atoms with van der Waals surface area (Å²) in [4.78, 5) is 17.5. The van der Waals surface area contributed by atoms with E-state index in [-0.39, 0.29) is 5.91 Å². The molecule has 2 aromatic rings. The Balaban J connectivity index is 1.46. The summed E-state index contributed by atoms with van der Waals surface area (Å²) in [7, 11) is 0. The van der Waals surface area contributed by atoms with Gasteiger partial charge in [0.25, 0.3) is 5.91 Å². The molecule has 27 heavy (non-hydrogen) atoms. The molecule has 1 aliphatic heterocycles. The van der Waals surface area contributed by atoms with Crippen LogP contribution in [0.4, 0.5) is 5.69 Å². The molecule has 0 unspecified atom stereocenters. The Labute approximate surface area is 163 Å². The van der Waals surface area contributed by atoms with E-state index in [1.807, 2.05) is 37.3 Å². The molecule has 1 saturated heterocycles. The van der Waals surface area contributed by atoms with Crippen LogP contribution in [0.25, 0.3) is 6.08 Å². The lowest BCUT2D eigenvalue weighted by atomic mass is 10.2. The molecule has 1 N–H and O–H groups in total. The van der Waals surface area contributed by atoms with Crippen LogP contribution >= 0.6 is 11.8 Å². The molecule has 1 saturated carbocycles. The Morgan fingerprint density at radius 3 is 2.78 bits per heavy atom. The number of hydrogen-bond acceptors (Lipinski definition) is 4. The third-order valence-electron chi connectivity index (χ3n) is 4.81. The van der Waals surface area contributed by atoms with Gasteiger partial charge in [0.15, 0.2) is 5.17 Å². The van der Waals surface area contributed by atoms with Crippen LogP contribution in [0, 0.1) is 0 Å². The number of amidine groups is 1. The fraction of sp³-hybridized carbons (Fsp3) is 0.333. The first-order valence-electron chi connectivity index (χ1n) is 9.41. The molecular weight excluding hydrogens is 358 g/mol. The van der Waals surface area contributed by atoms with E-state index in [4.69, 9.17) is 4.74 Å². The Bertz CT molecular complexity index is 877. The van der Waals surface area contributed by atoms with E-state index in [2.05, 4.69) is 33.3 Å². The Morgan fingerprint density at radius 2 is 2.04 bits per heavy atom. The zero-order chi connectivity index (χ0) is 18.6. The van der Waals surface area contributed by atoms with E-state index in [9.17, 15) is 4.79 Å². The number of ether oxygens (including phenoxy) is 1. The molecule has 2 heterocycles. The number of amides is 1. The van der Waals surface area contributed by atoms with Crippen LogP contribution in [0.2, 0.25) is 0 Å². The Hall–Kier alpha value is -2.47. The second-order valence-electron chi connectivity index (χ2n) is 6.74. The minimum atomic E-state index is -0.0988. The first-order chi connectivity index (χ1) is 13.2. The predicted molar refractivity (Wildman–Crippen MR) is 110 cm³/mol. The van der Waals surface area contributed by atoms with E-state index < -0.39 is 0 Å². The molecule has 1 aromatic heterocycles. The summed E-state index contributed by atoms with van der Waals surface area (Å²) in [6.07, 6.45) is 11.3. The van der Waals surface area contributed by atoms with Gasteiger partial charge in [0.2, 0.25) is 0 Å². The number of carbonyl (C=O) groups is 1. The van der Waals surface area contributed by atoms with Crippen molar-refractivity contribution in [2.24, 2.45) is 4.99 Å². The van der Waals surface area contributed by atoms with Crippen molar-refractivity contribution in [3.63, 3.8) is 0 Å². The lowest BCUT2D eigenvalue weighted by Crippen LogP contribution is -2.19. The third kappa shape index (κ3) is 4.27. The summed E-state index contributed by atoms with van der Waals surface area (Å²) in [5.74, 6) is 0.718. The molecule has 140 valence electrons. The largest absolute Gasteiger partial charge is 0.494 e. The van der Waals surface area contributed by atoms with E-state index in [1.165, 1.54) is 37.4 Å². The van der Waals surface area contributed by atoms with Crippen molar-refractivity contribution in [3.05, 3.63) is 53.2 Å². The summed E-state index contributed by atoms with van der Waals surface area (Å²) in [5.41, 5.74) is 1.84. The van der Waals surface area contributed by atoms with Gasteiger partial charge in [-0.3, -0.25) is 4.79 Å². The normalized spacial score (nSPS) is 20.6. The summed E-state index contributed by atoms with van der Waals surface area (Å²) in [6.45, 7) is 2.59. The average molecular weight is 382 g/mol. The summed E-state index contributed by atoms with van der Waals surface area (Å²) in [6, 6.07) is 10.2. The fourth-order valence-electron chi connectivity index (χ4n) is 3.48. The minimum Gasteiger partial charge on any atom is -0.494 e. The molecule has 5 nitrogen and oxygen atoms in total. The van der Waals surface area contributed by atoms with Gasteiger partial charge in [-0.2, -0.15) is 0 Å². The summed E-state index contributed by atoms with van der Waals surface area (Å²) < 4.78 is 7.72. The number of nitrogens with one attached hydrogen (secondary N) is 1. The molecule has 6 heteroatoms. The maximum atomic E-state index is 12.3. The lowest BCUT2D eigenvalue weighted by molar-refractivity contribution is -0.115. The van der Waals surface area contributed by atoms with Gasteiger partial charge in [-0.05, 0) is 73.5 Å². The SMILES string of the molecule is CCOc1ccc(N=C2NC(=O)/C(=C\c3ccn(C4CCCC4)c3)S2)cc1. The standard InChI is InChI=1S/C21H23N3O2S/c1-2-26-18-9-7-16(8-10-18)22-21-23-20(25)19(27-21)13-15-11-12-24(14-15)17-5-3-4-6-17/h7-14,17H,2-6H2,1H3,(H,22,23,25)/b19-13+. The van der Waals surface area contributed by atoms with Gasteiger partial charge < -0.3 is 14.6 Å². The lowest BCUT2D eigenvalue weighted by Gasteiger charge is -2.10. The van der Waals surface area contributed by atoms with E-state index in [0.717, 1.165) is 17.0 Å². The van der Waals surface area contributed by atoms with E-state index >= 15 is 0 Å². The van der Waals surface area contributed by atoms with Crippen LogP contribution in [0.3, 0.4) is 0 Å². The maximum absolute atomic E-state index is 12.3. The van der Waals surface area contributed by atoms with Crippen molar-refractivity contribution in [3.8, 4) is 5.75 Å². The zero-order valence-corrected chi connectivity index (χ0v) is 16.2. The highest BCUT2D eigenvalue weighted by molar-refractivity contribution is 8.18. The van der Waals surface area contributed by atoms with E-state index in [0.29, 0.717) is 22.7 Å². The quantitative estimate of drug-likeness (QED) is 0.750. The molecule has 0 spiro atoms. The van der Waals surface area contributed by atoms with Crippen molar-refractivity contribution < 1.29 is 9.53 Å². The Kier molecular flexibility index (Phi) is 5.34. The first-order valence-corrected chi connectivity index (χ1v) is 10.2. The van der Waals surface area contributed by atoms with Crippen molar-refractivity contribution in [2.45, 2.75) is 38.6 Å². The van der Waals surface area contributed by atoms with Crippen LogP contribution in [-0.4, -0.2) is 22.2 Å². The van der Waals surface area contributed by atoms with Gasteiger partial charge in [-0.1, -0.05) is 12.8 Å². The second kappa shape index (κ2) is 8.05. The molecule has 0 bridgehead atoms. The smallest absolute Gasteiger partial charge is 0.264 e. The summed E-state index contributed by atoms with van der Waals surface area (Å²) in [5, 5.41) is 3.44. The third-order valence-corrected chi connectivity index (χ3v) is 5.72. The monoisotopic (exact) mass is 381 g/mol. The predicted octanol–water partition coefficient (Wildman–Crippen LogP) is 4.89. The van der Waals surface area contributed by atoms with E-state index in [1.54, 1.807) is 0 Å². The van der Waals surface area contributed by atoms with Gasteiger partial charge in [0.05, 0.1) is 17.2 Å². The van der Waals surface area contributed by atoms with Gasteiger partial charge >= 0.3 is 0 Å². The highest BCUT2D eigenvalue weighted by Crippen LogP contribution is 2.32. The molecule has 2 fully saturated rings. The molecule has 1 amide bonds. The second-order valence-corrected chi connectivity index (χ2v) is 7.77. The zero-order valence-electron chi connectivity index (χ0n) is 15.4. The molecule has 1 aliphatic carbocycles. The molecule has 1 aromatic carbocycles. The number of aromatic nitrogens is 1. The van der Waals surface area contributed by atoms with Gasteiger partial charge in [-0.25, -0.2) is 4.99 Å². The van der Waals surface area contributed by atoms with Crippen molar-refractivity contribution >= 4 is 34.6 Å². The number of nitrogens with zero attached hydrogens (tertiary/aromatic N) is 2. The highest BCUT2D eigenvalue weighted by atomic mass is 32.2. The minimum absolute atomic E-state index is 0.0988. The van der Waals surface area contributed by atoms with Crippen LogP contribution in [-0.2, 0) is 4.79 Å². The fourth-order valence-corrected chi connectivity index (χ4v) is 4.32. The van der Waals surface area contributed by atoms with Crippen molar-refractivity contribution in [1.82, 2.24) is 9.88 Å². The molecule has 4 rings (SSSR count). The molecule has 2 aliphatic rings. The van der Waals surface area contributed by atoms with Crippen molar-refractivity contribution in [2.75, 3.05) is 6.61 Å². The average Bonchev–Trinajstić information content (AvgIpc) is 3.39. The van der Waals surface area contributed by atoms with Gasteiger partial charge in [0.1, 0.15) is 5.75 Å². The van der Waals surface area contributed by atoms with Crippen molar-refractivity contribution in [1.29, 1.82) is 0 Å². The molecule has 0 radical (unpaired) electrons. The van der Waals surface area contributed by atoms with Gasteiger partial charge in [0, 0.05) is 18.4 Å². The molecular formula is C21H23N3O2S. The summed E-state index contributed by atoms with van der Waals surface area (Å²) >= 11 is 1.37. The first kappa shape index (κ1) is 17.9. The number of rotatable bonds is 5. The Morgan fingerprint density at radius 1 is 1.26 bits per heavy atom. The van der Waals surface area contributed by atoms with Crippen LogP contribution in [0.15, 0.2) is 52.6 Å². The number of benzene rings is 1. The van der Waals surface area contributed by atoms with Crippen LogP contribution in [0.1, 0.15) is 44.2 Å². The number of hydrogen-bond donors (Lipinski definition) is 1. The number of aliphatic imine (C=N–C) groups is 1. The van der Waals surface area contributed by atoms with Crippen LogP contribution in [0.5, 0.6) is 5.75 Å². The van der Waals surface area contributed by atoms with Gasteiger partial charge in [-0.15, -0.1) is 0 Å². The highest BCUT2D eigenvalue weighted by Gasteiger charge is 2.24. The van der Waals surface area contributed by atoms with Crippen LogP contribution < -0.4 is 10.1 Å².